The fraction of sp³-hybridized carbons (Fsp3) is 0.375. The van der Waals surface area contributed by atoms with Gasteiger partial charge >= 0.3 is 0 Å². The molecule has 0 fully saturated rings. The van der Waals surface area contributed by atoms with Gasteiger partial charge in [-0.3, -0.25) is 19.3 Å². The largest absolute Gasteiger partial charge is 0.323 e. The number of halogens is 1. The molecule has 1 N–H and O–H groups in total. The highest BCUT2D eigenvalue weighted by molar-refractivity contribution is 9.10. The molecular formula is C24H27BrN2O3. The van der Waals surface area contributed by atoms with Gasteiger partial charge in [0.15, 0.2) is 0 Å². The Bertz CT molecular complexity index is 938. The Kier molecular flexibility index (Phi) is 7.08. The van der Waals surface area contributed by atoms with E-state index in [0.29, 0.717) is 23.2 Å². The van der Waals surface area contributed by atoms with Gasteiger partial charge in [0.25, 0.3) is 11.8 Å². The van der Waals surface area contributed by atoms with Crippen LogP contribution in [0, 0.1) is 5.92 Å². The van der Waals surface area contributed by atoms with E-state index in [-0.39, 0.29) is 11.8 Å². The second-order valence-electron chi connectivity index (χ2n) is 7.76. The molecule has 6 heteroatoms. The first-order valence-corrected chi connectivity index (χ1v) is 11.2. The van der Waals surface area contributed by atoms with Crippen molar-refractivity contribution >= 4 is 39.3 Å². The summed E-state index contributed by atoms with van der Waals surface area (Å²) in [4.78, 5) is 40.3. The van der Waals surface area contributed by atoms with Crippen LogP contribution >= 0.6 is 15.9 Å². The number of rotatable bonds is 8. The molecule has 0 aliphatic carbocycles. The number of nitrogens with one attached hydrogen (secondary N) is 1. The summed E-state index contributed by atoms with van der Waals surface area (Å²) in [6.07, 6.45) is 3.86. The summed E-state index contributed by atoms with van der Waals surface area (Å²) in [6.45, 7) is 5.98. The highest BCUT2D eigenvalue weighted by Crippen LogP contribution is 2.30. The van der Waals surface area contributed by atoms with Crippen molar-refractivity contribution in [2.75, 3.05) is 5.32 Å². The van der Waals surface area contributed by atoms with Gasteiger partial charge in [-0.25, -0.2) is 0 Å². The minimum Gasteiger partial charge on any atom is -0.323 e. The lowest BCUT2D eigenvalue weighted by atomic mass is 9.96. The van der Waals surface area contributed by atoms with E-state index in [2.05, 4.69) is 28.2 Å². The Hall–Kier alpha value is -2.47. The third kappa shape index (κ3) is 4.33. The number of unbranched alkanes of at least 4 members (excludes halogenated alkanes) is 1. The molecule has 0 bridgehead atoms. The van der Waals surface area contributed by atoms with Crippen LogP contribution in [0.1, 0.15) is 66.3 Å². The number of aryl methyl sites for hydroxylation is 1. The van der Waals surface area contributed by atoms with E-state index in [0.717, 1.165) is 28.6 Å². The Morgan fingerprint density at radius 1 is 1.07 bits per heavy atom. The zero-order valence-electron chi connectivity index (χ0n) is 17.6. The maximum atomic E-state index is 13.3. The number of anilines is 1. The van der Waals surface area contributed by atoms with Crippen LogP contribution in [-0.4, -0.2) is 28.7 Å². The summed E-state index contributed by atoms with van der Waals surface area (Å²) in [6, 6.07) is 11.7. The average Bonchev–Trinajstić information content (AvgIpc) is 2.99. The molecule has 2 atom stereocenters. The van der Waals surface area contributed by atoms with Crippen LogP contribution in [0.15, 0.2) is 46.9 Å². The zero-order chi connectivity index (χ0) is 21.8. The first-order chi connectivity index (χ1) is 14.4. The van der Waals surface area contributed by atoms with Gasteiger partial charge in [-0.2, -0.15) is 0 Å². The minimum atomic E-state index is -0.880. The van der Waals surface area contributed by atoms with E-state index in [4.69, 9.17) is 0 Å². The number of hydrogen-bond acceptors (Lipinski definition) is 3. The second kappa shape index (κ2) is 9.56. The molecule has 5 nitrogen and oxygen atoms in total. The van der Waals surface area contributed by atoms with E-state index in [1.54, 1.807) is 24.3 Å². The summed E-state index contributed by atoms with van der Waals surface area (Å²) in [5.41, 5.74) is 2.53. The van der Waals surface area contributed by atoms with Crippen molar-refractivity contribution < 1.29 is 14.4 Å². The zero-order valence-corrected chi connectivity index (χ0v) is 19.2. The highest BCUT2D eigenvalue weighted by atomic mass is 79.9. The van der Waals surface area contributed by atoms with Crippen molar-refractivity contribution in [3.63, 3.8) is 0 Å². The van der Waals surface area contributed by atoms with Crippen LogP contribution in [-0.2, 0) is 11.2 Å². The molecule has 0 aromatic heterocycles. The maximum Gasteiger partial charge on any atom is 0.262 e. The summed E-state index contributed by atoms with van der Waals surface area (Å²) >= 11 is 3.54. The number of carbonyl (C=O) groups excluding carboxylic acids is 3. The van der Waals surface area contributed by atoms with Crippen molar-refractivity contribution in [3.05, 3.63) is 63.6 Å². The Labute approximate surface area is 186 Å². The number of fused-ring (bicyclic) bond motifs is 1. The monoisotopic (exact) mass is 470 g/mol. The number of carbonyl (C=O) groups is 3. The quantitative estimate of drug-likeness (QED) is 0.522. The van der Waals surface area contributed by atoms with Gasteiger partial charge in [-0.15, -0.1) is 0 Å². The maximum absolute atomic E-state index is 13.3. The SMILES string of the molecule is CCCCc1ccc(NC(=O)C(C(C)CC)N2C(=O)c3ccccc3C2=O)c(Br)c1. The number of imide groups is 1. The minimum absolute atomic E-state index is 0.185. The lowest BCUT2D eigenvalue weighted by Gasteiger charge is -2.30. The molecule has 1 heterocycles. The third-order valence-corrected chi connectivity index (χ3v) is 6.32. The number of hydrogen-bond donors (Lipinski definition) is 1. The summed E-state index contributed by atoms with van der Waals surface area (Å²) in [7, 11) is 0. The first kappa shape index (κ1) is 22.2. The van der Waals surface area contributed by atoms with Gasteiger partial charge in [-0.05, 0) is 64.5 Å². The molecular weight excluding hydrogens is 444 g/mol. The average molecular weight is 471 g/mol. The van der Waals surface area contributed by atoms with Gasteiger partial charge in [-0.1, -0.05) is 51.8 Å². The normalized spacial score (nSPS) is 15.1. The molecule has 3 rings (SSSR count). The predicted octanol–water partition coefficient (Wildman–Crippen LogP) is 5.44. The lowest BCUT2D eigenvalue weighted by Crippen LogP contribution is -2.50. The molecule has 0 spiro atoms. The van der Waals surface area contributed by atoms with Crippen molar-refractivity contribution in [1.82, 2.24) is 4.90 Å². The standard InChI is InChI=1S/C24H27BrN2O3/c1-4-6-9-16-12-13-20(19(25)14-16)26-22(28)21(15(3)5-2)27-23(29)17-10-7-8-11-18(17)24(27)30/h7-8,10-15,21H,4-6,9H2,1-3H3,(H,26,28). The van der Waals surface area contributed by atoms with Gasteiger partial charge in [0.05, 0.1) is 16.8 Å². The van der Waals surface area contributed by atoms with Crippen LogP contribution in [0.5, 0.6) is 0 Å². The molecule has 1 aliphatic rings. The lowest BCUT2D eigenvalue weighted by molar-refractivity contribution is -0.121. The van der Waals surface area contributed by atoms with Gasteiger partial charge in [0.2, 0.25) is 5.91 Å². The fourth-order valence-corrected chi connectivity index (χ4v) is 4.24. The molecule has 0 saturated carbocycles. The van der Waals surface area contributed by atoms with Crippen molar-refractivity contribution in [2.24, 2.45) is 5.92 Å². The molecule has 0 saturated heterocycles. The number of nitrogens with zero attached hydrogens (tertiary/aromatic N) is 1. The smallest absolute Gasteiger partial charge is 0.262 e. The second-order valence-corrected chi connectivity index (χ2v) is 8.62. The molecule has 3 amide bonds. The summed E-state index contributed by atoms with van der Waals surface area (Å²) in [5.74, 6) is -1.37. The first-order valence-electron chi connectivity index (χ1n) is 10.4. The van der Waals surface area contributed by atoms with Crippen molar-refractivity contribution in [3.8, 4) is 0 Å². The fourth-order valence-electron chi connectivity index (χ4n) is 3.72. The van der Waals surface area contributed by atoms with Gasteiger partial charge in [0, 0.05) is 4.47 Å². The van der Waals surface area contributed by atoms with Crippen molar-refractivity contribution in [1.29, 1.82) is 0 Å². The topological polar surface area (TPSA) is 66.5 Å². The molecule has 158 valence electrons. The summed E-state index contributed by atoms with van der Waals surface area (Å²) in [5, 5.41) is 2.92. The molecule has 2 aromatic carbocycles. The van der Waals surface area contributed by atoms with E-state index < -0.39 is 17.9 Å². The number of benzene rings is 2. The van der Waals surface area contributed by atoms with Crippen LogP contribution < -0.4 is 5.32 Å². The predicted molar refractivity (Wildman–Crippen MR) is 122 cm³/mol. The molecule has 0 radical (unpaired) electrons. The third-order valence-electron chi connectivity index (χ3n) is 5.67. The molecule has 2 unspecified atom stereocenters. The van der Waals surface area contributed by atoms with E-state index in [1.165, 1.54) is 5.56 Å². The number of amides is 3. The van der Waals surface area contributed by atoms with E-state index in [9.17, 15) is 14.4 Å². The molecule has 30 heavy (non-hydrogen) atoms. The van der Waals surface area contributed by atoms with Crippen LogP contribution in [0.25, 0.3) is 0 Å². The Morgan fingerprint density at radius 2 is 1.70 bits per heavy atom. The van der Waals surface area contributed by atoms with Crippen LogP contribution in [0.3, 0.4) is 0 Å². The van der Waals surface area contributed by atoms with E-state index >= 15 is 0 Å². The highest BCUT2D eigenvalue weighted by Gasteiger charge is 2.44. The Morgan fingerprint density at radius 3 is 2.23 bits per heavy atom. The molecule has 1 aliphatic heterocycles. The molecule has 2 aromatic rings. The van der Waals surface area contributed by atoms with Gasteiger partial charge < -0.3 is 5.32 Å². The Balaban J connectivity index is 1.86. The van der Waals surface area contributed by atoms with Gasteiger partial charge in [0.1, 0.15) is 6.04 Å². The van der Waals surface area contributed by atoms with Crippen molar-refractivity contribution in [2.45, 2.75) is 52.5 Å². The van der Waals surface area contributed by atoms with Crippen LogP contribution in [0.4, 0.5) is 5.69 Å². The van der Waals surface area contributed by atoms with Crippen LogP contribution in [0.2, 0.25) is 0 Å². The summed E-state index contributed by atoms with van der Waals surface area (Å²) < 4.78 is 0.787. The van der Waals surface area contributed by atoms with E-state index in [1.807, 2.05) is 32.0 Å².